The highest BCUT2D eigenvalue weighted by Gasteiger charge is 2.33. The summed E-state index contributed by atoms with van der Waals surface area (Å²) in [5.41, 5.74) is -1.04. The van der Waals surface area contributed by atoms with E-state index in [1.54, 1.807) is 6.07 Å². The molecule has 2 aromatic carbocycles. The predicted molar refractivity (Wildman–Crippen MR) is 99.4 cm³/mol. The molecule has 3 aromatic rings. The lowest BCUT2D eigenvalue weighted by Crippen LogP contribution is -2.25. The summed E-state index contributed by atoms with van der Waals surface area (Å²) in [7, 11) is 0. The van der Waals surface area contributed by atoms with Crippen LogP contribution in [0.25, 0.3) is 16.8 Å². The first-order chi connectivity index (χ1) is 14.1. The molecule has 1 aromatic heterocycles. The zero-order valence-electron chi connectivity index (χ0n) is 15.1. The Kier molecular flexibility index (Phi) is 5.01. The maximum Gasteiger partial charge on any atom is 0.416 e. The van der Waals surface area contributed by atoms with Crippen molar-refractivity contribution >= 4 is 17.5 Å². The van der Waals surface area contributed by atoms with Crippen LogP contribution >= 0.6 is 11.6 Å². The lowest BCUT2D eigenvalue weighted by atomic mass is 10.1. The Hall–Kier alpha value is -2.94. The van der Waals surface area contributed by atoms with E-state index in [4.69, 9.17) is 11.6 Å². The molecule has 10 heteroatoms. The zero-order chi connectivity index (χ0) is 21.6. The number of nitrogens with one attached hydrogen (secondary N) is 1. The first kappa shape index (κ1) is 20.3. The maximum atomic E-state index is 14.2. The molecule has 4 nitrogen and oxygen atoms in total. The van der Waals surface area contributed by atoms with Gasteiger partial charge in [-0.15, -0.1) is 0 Å². The number of benzene rings is 2. The van der Waals surface area contributed by atoms with Gasteiger partial charge in [0, 0.05) is 17.8 Å². The first-order valence-electron chi connectivity index (χ1n) is 8.85. The van der Waals surface area contributed by atoms with E-state index >= 15 is 0 Å². The van der Waals surface area contributed by atoms with E-state index in [1.807, 2.05) is 0 Å². The van der Waals surface area contributed by atoms with Crippen LogP contribution in [0.15, 0.2) is 42.7 Å². The number of hydrogen-bond donors (Lipinski definition) is 1. The molecule has 156 valence electrons. The number of amides is 1. The van der Waals surface area contributed by atoms with E-state index in [2.05, 4.69) is 10.4 Å². The molecule has 0 bridgehead atoms. The first-order valence-corrected chi connectivity index (χ1v) is 9.23. The largest absolute Gasteiger partial charge is 0.416 e. The summed E-state index contributed by atoms with van der Waals surface area (Å²) in [6.07, 6.45) is -0.542. The van der Waals surface area contributed by atoms with E-state index < -0.39 is 29.1 Å². The van der Waals surface area contributed by atoms with Crippen molar-refractivity contribution in [1.29, 1.82) is 0 Å². The van der Waals surface area contributed by atoms with Gasteiger partial charge in [-0.1, -0.05) is 17.7 Å². The molecule has 0 unspecified atom stereocenters. The molecule has 0 spiro atoms. The molecular formula is C20H13ClF5N3O. The Labute approximate surface area is 172 Å². The molecular weight excluding hydrogens is 429 g/mol. The molecule has 4 rings (SSSR count). The second-order valence-corrected chi connectivity index (χ2v) is 7.31. The highest BCUT2D eigenvalue weighted by atomic mass is 35.5. The molecule has 0 saturated heterocycles. The Morgan fingerprint density at radius 2 is 1.77 bits per heavy atom. The van der Waals surface area contributed by atoms with E-state index in [0.29, 0.717) is 11.1 Å². The second-order valence-electron chi connectivity index (χ2n) is 6.90. The molecule has 1 heterocycles. The number of carbonyl (C=O) groups is 1. The van der Waals surface area contributed by atoms with Crippen LogP contribution in [-0.2, 0) is 6.18 Å². The van der Waals surface area contributed by atoms with Gasteiger partial charge in [-0.25, -0.2) is 13.5 Å². The Balaban J connectivity index is 1.67. The van der Waals surface area contributed by atoms with Gasteiger partial charge in [0.05, 0.1) is 22.3 Å². The number of hydrogen-bond acceptors (Lipinski definition) is 2. The van der Waals surface area contributed by atoms with Crippen molar-refractivity contribution in [2.75, 3.05) is 0 Å². The summed E-state index contributed by atoms with van der Waals surface area (Å²) in [4.78, 5) is 12.3. The van der Waals surface area contributed by atoms with Crippen LogP contribution in [-0.4, -0.2) is 21.7 Å². The fraction of sp³-hybridized carbons (Fsp3) is 0.200. The Morgan fingerprint density at radius 1 is 1.10 bits per heavy atom. The number of halogens is 6. The van der Waals surface area contributed by atoms with Gasteiger partial charge in [0.25, 0.3) is 5.91 Å². The second kappa shape index (κ2) is 7.39. The fourth-order valence-electron chi connectivity index (χ4n) is 2.91. The van der Waals surface area contributed by atoms with Crippen LogP contribution in [0.4, 0.5) is 22.0 Å². The molecule has 1 aliphatic rings. The van der Waals surface area contributed by atoms with Gasteiger partial charge in [0.2, 0.25) is 0 Å². The number of alkyl halides is 3. The standard InChI is InChI=1S/C20H13ClF5N3O/c21-15-4-1-10(5-14(15)19(30)28-13-2-3-13)11-8-27-29(9-11)18-16(22)6-12(7-17(18)23)20(24,25)26/h1,4-9,13H,2-3H2,(H,28,30). The average Bonchev–Trinajstić information content (AvgIpc) is 3.34. The zero-order valence-corrected chi connectivity index (χ0v) is 15.9. The van der Waals surface area contributed by atoms with Crippen molar-refractivity contribution in [1.82, 2.24) is 15.1 Å². The summed E-state index contributed by atoms with van der Waals surface area (Å²) in [5.74, 6) is -3.15. The van der Waals surface area contributed by atoms with Gasteiger partial charge in [-0.05, 0) is 42.7 Å². The van der Waals surface area contributed by atoms with Crippen LogP contribution in [0.3, 0.4) is 0 Å². The third-order valence-corrected chi connectivity index (χ3v) is 4.94. The summed E-state index contributed by atoms with van der Waals surface area (Å²) in [5, 5.41) is 6.91. The summed E-state index contributed by atoms with van der Waals surface area (Å²) >= 11 is 6.10. The van der Waals surface area contributed by atoms with Gasteiger partial charge in [0.15, 0.2) is 11.6 Å². The molecule has 30 heavy (non-hydrogen) atoms. The Bertz CT molecular complexity index is 1110. The van der Waals surface area contributed by atoms with Gasteiger partial charge in [0.1, 0.15) is 5.69 Å². The van der Waals surface area contributed by atoms with Crippen molar-refractivity contribution in [3.8, 4) is 16.8 Å². The minimum Gasteiger partial charge on any atom is -0.349 e. The highest BCUT2D eigenvalue weighted by Crippen LogP contribution is 2.33. The van der Waals surface area contributed by atoms with E-state index in [9.17, 15) is 26.7 Å². The molecule has 1 amide bonds. The van der Waals surface area contributed by atoms with Crippen LogP contribution in [0.5, 0.6) is 0 Å². The van der Waals surface area contributed by atoms with Crippen molar-refractivity contribution in [3.05, 3.63) is 70.5 Å². The van der Waals surface area contributed by atoms with Crippen molar-refractivity contribution in [2.45, 2.75) is 25.1 Å². The van der Waals surface area contributed by atoms with Crippen LogP contribution < -0.4 is 5.32 Å². The number of nitrogens with zero attached hydrogens (tertiary/aromatic N) is 2. The van der Waals surface area contributed by atoms with E-state index in [1.165, 1.54) is 24.5 Å². The number of carbonyl (C=O) groups excluding carboxylic acids is 1. The minimum absolute atomic E-state index is 0.130. The molecule has 1 aliphatic carbocycles. The SMILES string of the molecule is O=C(NC1CC1)c1cc(-c2cnn(-c3c(F)cc(C(F)(F)F)cc3F)c2)ccc1Cl. The topological polar surface area (TPSA) is 46.9 Å². The minimum atomic E-state index is -4.88. The van der Waals surface area contributed by atoms with Gasteiger partial charge in [-0.3, -0.25) is 4.79 Å². The monoisotopic (exact) mass is 441 g/mol. The molecule has 1 fully saturated rings. The van der Waals surface area contributed by atoms with Crippen LogP contribution in [0.1, 0.15) is 28.8 Å². The van der Waals surface area contributed by atoms with Gasteiger partial charge >= 0.3 is 6.18 Å². The summed E-state index contributed by atoms with van der Waals surface area (Å²) in [6, 6.07) is 5.17. The molecule has 0 aliphatic heterocycles. The average molecular weight is 442 g/mol. The molecule has 1 saturated carbocycles. The van der Waals surface area contributed by atoms with Crippen molar-refractivity contribution in [3.63, 3.8) is 0 Å². The number of rotatable bonds is 4. The van der Waals surface area contributed by atoms with Gasteiger partial charge < -0.3 is 5.32 Å². The lowest BCUT2D eigenvalue weighted by molar-refractivity contribution is -0.138. The number of aromatic nitrogens is 2. The Morgan fingerprint density at radius 3 is 2.37 bits per heavy atom. The summed E-state index contributed by atoms with van der Waals surface area (Å²) in [6.45, 7) is 0. The molecule has 0 atom stereocenters. The van der Waals surface area contributed by atoms with Crippen LogP contribution in [0, 0.1) is 11.6 Å². The fourth-order valence-corrected chi connectivity index (χ4v) is 3.12. The van der Waals surface area contributed by atoms with E-state index in [0.717, 1.165) is 17.5 Å². The molecule has 0 radical (unpaired) electrons. The normalized spacial score (nSPS) is 14.1. The van der Waals surface area contributed by atoms with Crippen molar-refractivity contribution in [2.24, 2.45) is 0 Å². The third-order valence-electron chi connectivity index (χ3n) is 4.61. The van der Waals surface area contributed by atoms with E-state index in [-0.39, 0.29) is 34.7 Å². The smallest absolute Gasteiger partial charge is 0.349 e. The maximum absolute atomic E-state index is 14.2. The van der Waals surface area contributed by atoms with Gasteiger partial charge in [-0.2, -0.15) is 18.3 Å². The quantitative estimate of drug-likeness (QED) is 0.552. The lowest BCUT2D eigenvalue weighted by Gasteiger charge is -2.10. The highest BCUT2D eigenvalue weighted by molar-refractivity contribution is 6.34. The third kappa shape index (κ3) is 4.02. The van der Waals surface area contributed by atoms with Crippen molar-refractivity contribution < 1.29 is 26.7 Å². The summed E-state index contributed by atoms with van der Waals surface area (Å²) < 4.78 is 67.4. The molecule has 1 N–H and O–H groups in total. The predicted octanol–water partition coefficient (Wildman–Crippen LogP) is 5.38. The van der Waals surface area contributed by atoms with Crippen LogP contribution in [0.2, 0.25) is 5.02 Å².